The van der Waals surface area contributed by atoms with Gasteiger partial charge in [-0.15, -0.1) is 0 Å². The van der Waals surface area contributed by atoms with E-state index in [1.807, 2.05) is 0 Å². The van der Waals surface area contributed by atoms with Crippen LogP contribution in [0.3, 0.4) is 0 Å². The average molecular weight is 313 g/mol. The minimum absolute atomic E-state index is 0.149. The molecule has 1 aromatic rings. The summed E-state index contributed by atoms with van der Waals surface area (Å²) in [6.07, 6.45) is 5.58. The largest absolute Gasteiger partial charge is 0.396 e. The molecule has 0 radical (unpaired) electrons. The van der Waals surface area contributed by atoms with Crippen molar-refractivity contribution in [2.45, 2.75) is 36.6 Å². The number of hydrogen-bond donors (Lipinski definition) is 1. The van der Waals surface area contributed by atoms with Crippen molar-refractivity contribution in [3.8, 4) is 0 Å². The van der Waals surface area contributed by atoms with Crippen LogP contribution in [0.5, 0.6) is 0 Å². The quantitative estimate of drug-likeness (QED) is 0.815. The molecule has 1 heterocycles. The molecule has 118 valence electrons. The third kappa shape index (κ3) is 3.53. The van der Waals surface area contributed by atoms with Crippen LogP contribution in [0.1, 0.15) is 25.7 Å². The summed E-state index contributed by atoms with van der Waals surface area (Å²) in [6, 6.07) is 3.81. The van der Waals surface area contributed by atoms with Crippen LogP contribution in [0.4, 0.5) is 5.82 Å². The highest BCUT2D eigenvalue weighted by Crippen LogP contribution is 2.29. The molecule has 21 heavy (non-hydrogen) atoms. The van der Waals surface area contributed by atoms with Gasteiger partial charge in [-0.05, 0) is 37.8 Å². The monoisotopic (exact) mass is 313 g/mol. The van der Waals surface area contributed by atoms with Gasteiger partial charge in [0.2, 0.25) is 10.0 Å². The van der Waals surface area contributed by atoms with Crippen molar-refractivity contribution in [3.63, 3.8) is 0 Å². The predicted molar refractivity (Wildman–Crippen MR) is 81.8 cm³/mol. The normalized spacial score (nSPS) is 16.0. The number of nitrogens with zero attached hydrogens (tertiary/aromatic N) is 3. The highest BCUT2D eigenvalue weighted by molar-refractivity contribution is 7.89. The summed E-state index contributed by atoms with van der Waals surface area (Å²) in [4.78, 5) is 6.70. The summed E-state index contributed by atoms with van der Waals surface area (Å²) in [5.41, 5.74) is 0. The van der Waals surface area contributed by atoms with Crippen molar-refractivity contribution in [1.82, 2.24) is 9.29 Å². The third-order valence-corrected chi connectivity index (χ3v) is 5.66. The van der Waals surface area contributed by atoms with Crippen LogP contribution in [0.2, 0.25) is 0 Å². The standard InChI is InChI=1S/C14H23N3O3S/c1-16(2)21(19,20)13-7-8-14(15-11-13)17(9-4-10-18)12-5-3-6-12/h7-8,11-12,18H,3-6,9-10H2,1-2H3. The smallest absolute Gasteiger partial charge is 0.244 e. The second-order valence-corrected chi connectivity index (χ2v) is 7.65. The van der Waals surface area contributed by atoms with E-state index in [1.165, 1.54) is 31.0 Å². The fraction of sp³-hybridized carbons (Fsp3) is 0.643. The lowest BCUT2D eigenvalue weighted by Crippen LogP contribution is -2.41. The van der Waals surface area contributed by atoms with E-state index in [0.29, 0.717) is 12.5 Å². The summed E-state index contributed by atoms with van der Waals surface area (Å²) >= 11 is 0. The summed E-state index contributed by atoms with van der Waals surface area (Å²) in [5, 5.41) is 9.01. The predicted octanol–water partition coefficient (Wildman–Crippen LogP) is 1.07. The van der Waals surface area contributed by atoms with Gasteiger partial charge < -0.3 is 10.0 Å². The van der Waals surface area contributed by atoms with Crippen LogP contribution >= 0.6 is 0 Å². The van der Waals surface area contributed by atoms with Gasteiger partial charge in [-0.1, -0.05) is 0 Å². The molecule has 2 rings (SSSR count). The van der Waals surface area contributed by atoms with E-state index in [4.69, 9.17) is 5.11 Å². The molecule has 0 aromatic carbocycles. The van der Waals surface area contributed by atoms with E-state index in [0.717, 1.165) is 25.2 Å². The van der Waals surface area contributed by atoms with Crippen LogP contribution < -0.4 is 4.90 Å². The first-order chi connectivity index (χ1) is 9.96. The number of sulfonamides is 1. The zero-order valence-corrected chi connectivity index (χ0v) is 13.4. The fourth-order valence-electron chi connectivity index (χ4n) is 2.33. The van der Waals surface area contributed by atoms with E-state index in [-0.39, 0.29) is 11.5 Å². The zero-order valence-electron chi connectivity index (χ0n) is 12.6. The highest BCUT2D eigenvalue weighted by Gasteiger charge is 2.26. The van der Waals surface area contributed by atoms with E-state index in [2.05, 4.69) is 9.88 Å². The van der Waals surface area contributed by atoms with Gasteiger partial charge in [-0.3, -0.25) is 0 Å². The Morgan fingerprint density at radius 3 is 2.48 bits per heavy atom. The fourth-order valence-corrected chi connectivity index (χ4v) is 3.18. The lowest BCUT2D eigenvalue weighted by atomic mass is 9.91. The lowest BCUT2D eigenvalue weighted by Gasteiger charge is -2.38. The van der Waals surface area contributed by atoms with E-state index in [1.54, 1.807) is 12.1 Å². The molecule has 1 aromatic heterocycles. The van der Waals surface area contributed by atoms with E-state index < -0.39 is 10.0 Å². The third-order valence-electron chi connectivity index (χ3n) is 3.87. The Bertz CT molecular complexity index is 553. The molecule has 7 heteroatoms. The molecular weight excluding hydrogens is 290 g/mol. The van der Waals surface area contributed by atoms with Crippen LogP contribution in [-0.4, -0.2) is 56.1 Å². The molecule has 1 fully saturated rings. The van der Waals surface area contributed by atoms with Crippen molar-refractivity contribution in [2.75, 3.05) is 32.1 Å². The SMILES string of the molecule is CN(C)S(=O)(=O)c1ccc(N(CCCO)C2CCC2)nc1. The number of aromatic nitrogens is 1. The minimum Gasteiger partial charge on any atom is -0.396 e. The van der Waals surface area contributed by atoms with Gasteiger partial charge in [0.15, 0.2) is 0 Å². The summed E-state index contributed by atoms with van der Waals surface area (Å²) in [7, 11) is -0.426. The number of aliphatic hydroxyl groups excluding tert-OH is 1. The lowest BCUT2D eigenvalue weighted by molar-refractivity contribution is 0.282. The molecule has 0 aliphatic heterocycles. The highest BCUT2D eigenvalue weighted by atomic mass is 32.2. The van der Waals surface area contributed by atoms with Gasteiger partial charge in [0.25, 0.3) is 0 Å². The minimum atomic E-state index is -3.44. The molecule has 1 aliphatic rings. The van der Waals surface area contributed by atoms with Gasteiger partial charge in [0, 0.05) is 39.5 Å². The first-order valence-corrected chi connectivity index (χ1v) is 8.67. The Morgan fingerprint density at radius 2 is 2.05 bits per heavy atom. The Labute approximate surface area is 126 Å². The van der Waals surface area contributed by atoms with Crippen molar-refractivity contribution in [1.29, 1.82) is 0 Å². The summed E-state index contributed by atoms with van der Waals surface area (Å²) in [6.45, 7) is 0.893. The van der Waals surface area contributed by atoms with Crippen LogP contribution in [0.15, 0.2) is 23.2 Å². The maximum atomic E-state index is 12.0. The van der Waals surface area contributed by atoms with E-state index >= 15 is 0 Å². The number of pyridine rings is 1. The first-order valence-electron chi connectivity index (χ1n) is 7.23. The first kappa shape index (κ1) is 16.2. The molecule has 0 amide bonds. The van der Waals surface area contributed by atoms with Crippen LogP contribution in [-0.2, 0) is 10.0 Å². The number of rotatable bonds is 7. The van der Waals surface area contributed by atoms with Gasteiger partial charge in [-0.25, -0.2) is 17.7 Å². The van der Waals surface area contributed by atoms with Crippen LogP contribution in [0, 0.1) is 0 Å². The average Bonchev–Trinajstić information content (AvgIpc) is 2.41. The molecule has 0 atom stereocenters. The van der Waals surface area contributed by atoms with Gasteiger partial charge in [0.1, 0.15) is 10.7 Å². The molecular formula is C14H23N3O3S. The molecule has 6 nitrogen and oxygen atoms in total. The summed E-state index contributed by atoms with van der Waals surface area (Å²) in [5.74, 6) is 0.783. The van der Waals surface area contributed by atoms with Gasteiger partial charge in [-0.2, -0.15) is 0 Å². The molecule has 0 bridgehead atoms. The molecule has 1 aliphatic carbocycles. The molecule has 0 unspecified atom stereocenters. The number of hydrogen-bond acceptors (Lipinski definition) is 5. The second-order valence-electron chi connectivity index (χ2n) is 5.49. The van der Waals surface area contributed by atoms with Crippen molar-refractivity contribution >= 4 is 15.8 Å². The maximum Gasteiger partial charge on any atom is 0.244 e. The Balaban J connectivity index is 2.19. The maximum absolute atomic E-state index is 12.0. The topological polar surface area (TPSA) is 73.7 Å². The summed E-state index contributed by atoms with van der Waals surface area (Å²) < 4.78 is 25.2. The van der Waals surface area contributed by atoms with Crippen molar-refractivity contribution in [3.05, 3.63) is 18.3 Å². The Morgan fingerprint density at radius 1 is 1.33 bits per heavy atom. The Hall–Kier alpha value is -1.18. The molecule has 1 saturated carbocycles. The number of aliphatic hydroxyl groups is 1. The van der Waals surface area contributed by atoms with Crippen LogP contribution in [0.25, 0.3) is 0 Å². The van der Waals surface area contributed by atoms with E-state index in [9.17, 15) is 8.42 Å². The molecule has 0 spiro atoms. The molecule has 0 saturated heterocycles. The van der Waals surface area contributed by atoms with Crippen molar-refractivity contribution < 1.29 is 13.5 Å². The number of anilines is 1. The Kier molecular flexibility index (Phi) is 5.18. The van der Waals surface area contributed by atoms with Crippen molar-refractivity contribution in [2.24, 2.45) is 0 Å². The zero-order chi connectivity index (χ0) is 15.5. The molecule has 1 N–H and O–H groups in total. The second kappa shape index (κ2) is 6.72. The van der Waals surface area contributed by atoms with Gasteiger partial charge in [0.05, 0.1) is 0 Å². The van der Waals surface area contributed by atoms with Gasteiger partial charge >= 0.3 is 0 Å².